The van der Waals surface area contributed by atoms with Crippen LogP contribution in [0.4, 0.5) is 11.8 Å². The summed E-state index contributed by atoms with van der Waals surface area (Å²) in [4.78, 5) is 20.2. The van der Waals surface area contributed by atoms with Crippen LogP contribution in [0.15, 0.2) is 6.20 Å². The Hall–Kier alpha value is -2.38. The lowest BCUT2D eigenvalue weighted by Crippen LogP contribution is -2.27. The van der Waals surface area contributed by atoms with E-state index in [0.717, 1.165) is 18.4 Å². The van der Waals surface area contributed by atoms with E-state index in [1.807, 2.05) is 0 Å². The highest BCUT2D eigenvalue weighted by Gasteiger charge is 2.16. The molecule has 2 heterocycles. The molecule has 8 nitrogen and oxygen atoms in total. The third kappa shape index (κ3) is 2.95. The molecule has 0 amide bonds. The number of aromatic amines is 1. The van der Waals surface area contributed by atoms with Gasteiger partial charge in [0.05, 0.1) is 18.7 Å². The zero-order valence-corrected chi connectivity index (χ0v) is 11.7. The summed E-state index contributed by atoms with van der Waals surface area (Å²) < 4.78 is 4.69. The molecule has 0 radical (unpaired) electrons. The van der Waals surface area contributed by atoms with Crippen molar-refractivity contribution in [1.29, 1.82) is 0 Å². The fraction of sp³-hybridized carbons (Fsp3) is 0.500. The third-order valence-electron chi connectivity index (χ3n) is 2.75. The summed E-state index contributed by atoms with van der Waals surface area (Å²) in [6, 6.07) is -0.507. The normalized spacial score (nSPS) is 12.2. The van der Waals surface area contributed by atoms with Gasteiger partial charge in [-0.1, -0.05) is 6.92 Å². The Kier molecular flexibility index (Phi) is 4.34. The quantitative estimate of drug-likeness (QED) is 0.681. The van der Waals surface area contributed by atoms with Gasteiger partial charge in [-0.3, -0.25) is 5.10 Å². The van der Waals surface area contributed by atoms with Gasteiger partial charge in [0, 0.05) is 6.54 Å². The van der Waals surface area contributed by atoms with Gasteiger partial charge in [0.1, 0.15) is 11.9 Å². The number of H-pyrrole nitrogens is 1. The molecule has 1 atom stereocenters. The van der Waals surface area contributed by atoms with Crippen molar-refractivity contribution < 1.29 is 9.53 Å². The van der Waals surface area contributed by atoms with Crippen molar-refractivity contribution >= 4 is 28.8 Å². The molecule has 0 bridgehead atoms. The van der Waals surface area contributed by atoms with Crippen LogP contribution in [0.5, 0.6) is 0 Å². The maximum absolute atomic E-state index is 11.5. The number of carbonyl (C=O) groups excluding carboxylic acids is 1. The molecule has 0 spiro atoms. The number of ether oxygens (including phenoxy) is 1. The molecule has 0 aliphatic carbocycles. The van der Waals surface area contributed by atoms with Gasteiger partial charge in [0.2, 0.25) is 5.95 Å². The van der Waals surface area contributed by atoms with E-state index in [0.29, 0.717) is 17.4 Å². The summed E-state index contributed by atoms with van der Waals surface area (Å²) >= 11 is 0. The first-order valence-corrected chi connectivity index (χ1v) is 6.45. The highest BCUT2D eigenvalue weighted by molar-refractivity contribution is 5.89. The Morgan fingerprint density at radius 1 is 1.50 bits per heavy atom. The molecule has 8 heteroatoms. The van der Waals surface area contributed by atoms with E-state index in [1.54, 1.807) is 13.1 Å². The van der Waals surface area contributed by atoms with Crippen LogP contribution in [-0.4, -0.2) is 45.8 Å². The number of rotatable bonds is 6. The highest BCUT2D eigenvalue weighted by atomic mass is 16.5. The van der Waals surface area contributed by atoms with Crippen molar-refractivity contribution in [2.45, 2.75) is 26.3 Å². The van der Waals surface area contributed by atoms with Crippen LogP contribution in [-0.2, 0) is 9.53 Å². The molecule has 0 aliphatic rings. The lowest BCUT2D eigenvalue weighted by atomic mass is 10.3. The fourth-order valence-corrected chi connectivity index (χ4v) is 1.70. The van der Waals surface area contributed by atoms with Crippen LogP contribution in [0, 0.1) is 0 Å². The van der Waals surface area contributed by atoms with Crippen LogP contribution < -0.4 is 10.6 Å². The van der Waals surface area contributed by atoms with Crippen molar-refractivity contribution in [2.24, 2.45) is 0 Å². The second-order valence-electron chi connectivity index (χ2n) is 4.34. The lowest BCUT2D eigenvalue weighted by molar-refractivity contribution is -0.141. The number of nitrogens with zero attached hydrogens (tertiary/aromatic N) is 3. The average Bonchev–Trinajstić information content (AvgIpc) is 2.92. The first kappa shape index (κ1) is 14.0. The molecule has 0 saturated carbocycles. The van der Waals surface area contributed by atoms with E-state index in [-0.39, 0.29) is 5.97 Å². The second-order valence-corrected chi connectivity index (χ2v) is 4.34. The monoisotopic (exact) mass is 278 g/mol. The largest absolute Gasteiger partial charge is 0.467 e. The molecule has 0 aliphatic heterocycles. The fourth-order valence-electron chi connectivity index (χ4n) is 1.70. The molecule has 108 valence electrons. The molecule has 0 saturated heterocycles. The number of nitrogens with one attached hydrogen (secondary N) is 3. The minimum Gasteiger partial charge on any atom is -0.467 e. The Morgan fingerprint density at radius 3 is 3.00 bits per heavy atom. The molecule has 2 aromatic rings. The maximum atomic E-state index is 11.5. The molecular weight excluding hydrogens is 260 g/mol. The van der Waals surface area contributed by atoms with E-state index < -0.39 is 6.04 Å². The molecule has 3 N–H and O–H groups in total. The summed E-state index contributed by atoms with van der Waals surface area (Å²) in [6.07, 6.45) is 2.58. The van der Waals surface area contributed by atoms with E-state index in [9.17, 15) is 4.79 Å². The van der Waals surface area contributed by atoms with Crippen LogP contribution in [0.3, 0.4) is 0 Å². The van der Waals surface area contributed by atoms with Crippen molar-refractivity contribution in [3.05, 3.63) is 6.20 Å². The number of methoxy groups -OCH3 is 1. The molecule has 2 rings (SSSR count). The highest BCUT2D eigenvalue weighted by Crippen LogP contribution is 2.20. The van der Waals surface area contributed by atoms with Crippen molar-refractivity contribution in [1.82, 2.24) is 20.2 Å². The van der Waals surface area contributed by atoms with Crippen molar-refractivity contribution in [2.75, 3.05) is 24.3 Å². The molecular formula is C12H18N6O2. The van der Waals surface area contributed by atoms with Gasteiger partial charge in [-0.05, 0) is 13.3 Å². The molecule has 0 fully saturated rings. The van der Waals surface area contributed by atoms with E-state index in [2.05, 4.69) is 42.5 Å². The van der Waals surface area contributed by atoms with Gasteiger partial charge < -0.3 is 15.4 Å². The average molecular weight is 278 g/mol. The van der Waals surface area contributed by atoms with Gasteiger partial charge in [-0.25, -0.2) is 4.79 Å². The SMILES string of the molecule is CCCNc1nc(NC(C)C(=O)OC)c2cn[nH]c2n1. The summed E-state index contributed by atoms with van der Waals surface area (Å²) in [5.74, 6) is 0.673. The van der Waals surface area contributed by atoms with Crippen molar-refractivity contribution in [3.8, 4) is 0 Å². The predicted molar refractivity (Wildman–Crippen MR) is 75.6 cm³/mol. The first-order valence-electron chi connectivity index (χ1n) is 6.45. The number of hydrogen-bond acceptors (Lipinski definition) is 7. The Morgan fingerprint density at radius 2 is 2.30 bits per heavy atom. The van der Waals surface area contributed by atoms with Gasteiger partial charge in [0.15, 0.2) is 5.65 Å². The van der Waals surface area contributed by atoms with Crippen molar-refractivity contribution in [3.63, 3.8) is 0 Å². The minimum atomic E-state index is -0.507. The number of carbonyl (C=O) groups is 1. The Bertz CT molecular complexity index is 597. The summed E-state index contributed by atoms with van der Waals surface area (Å²) in [5.41, 5.74) is 0.609. The molecule has 1 unspecified atom stereocenters. The van der Waals surface area contributed by atoms with Gasteiger partial charge in [0.25, 0.3) is 0 Å². The number of hydrogen-bond donors (Lipinski definition) is 3. The van der Waals surface area contributed by atoms with E-state index in [4.69, 9.17) is 0 Å². The van der Waals surface area contributed by atoms with E-state index >= 15 is 0 Å². The van der Waals surface area contributed by atoms with E-state index in [1.165, 1.54) is 7.11 Å². The van der Waals surface area contributed by atoms with Gasteiger partial charge in [-0.15, -0.1) is 0 Å². The zero-order chi connectivity index (χ0) is 14.5. The second kappa shape index (κ2) is 6.18. The zero-order valence-electron chi connectivity index (χ0n) is 11.7. The Balaban J connectivity index is 2.29. The standard InChI is InChI=1S/C12H18N6O2/c1-4-5-13-12-16-9(15-7(2)11(19)20-3)8-6-14-18-10(8)17-12/h6-7H,4-5H2,1-3H3,(H3,13,14,15,16,17,18). The van der Waals surface area contributed by atoms with Crippen LogP contribution >= 0.6 is 0 Å². The topological polar surface area (TPSA) is 105 Å². The summed E-state index contributed by atoms with van der Waals surface area (Å²) in [6.45, 7) is 4.53. The van der Waals surface area contributed by atoms with Crippen LogP contribution in [0.1, 0.15) is 20.3 Å². The Labute approximate surface area is 116 Å². The lowest BCUT2D eigenvalue weighted by Gasteiger charge is -2.13. The van der Waals surface area contributed by atoms with Gasteiger partial charge >= 0.3 is 5.97 Å². The summed E-state index contributed by atoms with van der Waals surface area (Å²) in [5, 5.41) is 13.6. The van der Waals surface area contributed by atoms with Gasteiger partial charge in [-0.2, -0.15) is 15.1 Å². The minimum absolute atomic E-state index is 0.358. The number of fused-ring (bicyclic) bond motifs is 1. The smallest absolute Gasteiger partial charge is 0.328 e. The van der Waals surface area contributed by atoms with Crippen LogP contribution in [0.2, 0.25) is 0 Å². The molecule has 0 aromatic carbocycles. The maximum Gasteiger partial charge on any atom is 0.328 e. The summed E-state index contributed by atoms with van der Waals surface area (Å²) in [7, 11) is 1.35. The first-order chi connectivity index (χ1) is 9.65. The predicted octanol–water partition coefficient (Wildman–Crippen LogP) is 1.15. The number of esters is 1. The number of aromatic nitrogens is 4. The third-order valence-corrected chi connectivity index (χ3v) is 2.75. The van der Waals surface area contributed by atoms with Crippen LogP contribution in [0.25, 0.3) is 11.0 Å². The number of anilines is 2. The molecule has 20 heavy (non-hydrogen) atoms. The molecule has 2 aromatic heterocycles.